The number of aryl methyl sites for hydroxylation is 2. The number of nitrogens with two attached hydrogens (primary N) is 1. The number of aromatic amines is 1. The number of hydrogen-bond donors (Lipinski definition) is 2. The van der Waals surface area contributed by atoms with Crippen LogP contribution in [0.4, 0.5) is 5.69 Å². The Morgan fingerprint density at radius 1 is 1.11 bits per heavy atom. The van der Waals surface area contributed by atoms with Crippen molar-refractivity contribution >= 4 is 17.6 Å². The van der Waals surface area contributed by atoms with E-state index < -0.39 is 22.9 Å². The number of H-pyrrole nitrogens is 1. The number of amides is 1. The number of nitrogens with zero attached hydrogens (tertiary/aromatic N) is 1. The van der Waals surface area contributed by atoms with E-state index in [1.165, 1.54) is 0 Å². The fourth-order valence-corrected chi connectivity index (χ4v) is 5.12. The van der Waals surface area contributed by atoms with Gasteiger partial charge in [-0.05, 0) is 32.4 Å². The number of nitrogens with one attached hydrogen (secondary N) is 1. The average Bonchev–Trinajstić information content (AvgIpc) is 3.02. The number of pyridine rings is 1. The standard InChI is InChI=1S/C27H25N3O5/c1-4-34-25(32)22-23(28)35-20-13-16(3)29-24(31)21(20)27(22)18-10-5-6-11-19(18)30(26(27)33)14-17-9-7-8-15(2)12-17/h5-13H,4,14,28H2,1-3H3,(H,29,31). The predicted molar refractivity (Wildman–Crippen MR) is 130 cm³/mol. The normalized spacial score (nSPS) is 18.4. The molecule has 0 fully saturated rings. The minimum Gasteiger partial charge on any atom is -0.462 e. The van der Waals surface area contributed by atoms with Gasteiger partial charge in [0.1, 0.15) is 16.7 Å². The van der Waals surface area contributed by atoms with Crippen molar-refractivity contribution < 1.29 is 19.1 Å². The maximum absolute atomic E-state index is 14.5. The van der Waals surface area contributed by atoms with Crippen LogP contribution in [0, 0.1) is 13.8 Å². The van der Waals surface area contributed by atoms with Crippen molar-refractivity contribution in [3.63, 3.8) is 0 Å². The van der Waals surface area contributed by atoms with Gasteiger partial charge in [-0.25, -0.2) is 4.79 Å². The fourth-order valence-electron chi connectivity index (χ4n) is 5.12. The third-order valence-corrected chi connectivity index (χ3v) is 6.42. The first kappa shape index (κ1) is 22.5. The largest absolute Gasteiger partial charge is 0.462 e. The minimum atomic E-state index is -1.81. The van der Waals surface area contributed by atoms with E-state index in [0.717, 1.165) is 11.1 Å². The van der Waals surface area contributed by atoms with Gasteiger partial charge in [-0.3, -0.25) is 9.59 Å². The lowest BCUT2D eigenvalue weighted by Crippen LogP contribution is -2.51. The Labute approximate surface area is 202 Å². The number of para-hydroxylation sites is 1. The summed E-state index contributed by atoms with van der Waals surface area (Å²) in [6.45, 7) is 5.64. The number of carbonyl (C=O) groups is 2. The topological polar surface area (TPSA) is 115 Å². The molecule has 3 aromatic rings. The number of aromatic nitrogens is 1. The Balaban J connectivity index is 1.83. The van der Waals surface area contributed by atoms with Crippen LogP contribution in [0.25, 0.3) is 0 Å². The molecule has 5 rings (SSSR count). The van der Waals surface area contributed by atoms with Gasteiger partial charge < -0.3 is 25.1 Å². The van der Waals surface area contributed by atoms with Crippen LogP contribution in [0.2, 0.25) is 0 Å². The first-order valence-electron chi connectivity index (χ1n) is 11.4. The molecule has 0 saturated heterocycles. The number of rotatable bonds is 4. The molecule has 2 aromatic carbocycles. The van der Waals surface area contributed by atoms with Gasteiger partial charge in [0.2, 0.25) is 11.8 Å². The number of anilines is 1. The summed E-state index contributed by atoms with van der Waals surface area (Å²) in [5, 5.41) is 0. The van der Waals surface area contributed by atoms with Crippen molar-refractivity contribution in [1.82, 2.24) is 4.98 Å². The van der Waals surface area contributed by atoms with E-state index in [-0.39, 0.29) is 35.9 Å². The lowest BCUT2D eigenvalue weighted by molar-refractivity contribution is -0.140. The molecule has 1 unspecified atom stereocenters. The highest BCUT2D eigenvalue weighted by Crippen LogP contribution is 2.54. The van der Waals surface area contributed by atoms with Crippen LogP contribution < -0.4 is 20.9 Å². The van der Waals surface area contributed by atoms with Crippen LogP contribution in [0.15, 0.2) is 70.8 Å². The van der Waals surface area contributed by atoms with Crippen LogP contribution in [-0.4, -0.2) is 23.5 Å². The van der Waals surface area contributed by atoms with Crippen molar-refractivity contribution in [2.24, 2.45) is 5.73 Å². The van der Waals surface area contributed by atoms with E-state index in [1.54, 1.807) is 43.0 Å². The number of ether oxygens (including phenoxy) is 2. The Morgan fingerprint density at radius 3 is 2.63 bits per heavy atom. The lowest BCUT2D eigenvalue weighted by atomic mass is 9.68. The highest BCUT2D eigenvalue weighted by Gasteiger charge is 2.62. The van der Waals surface area contributed by atoms with E-state index in [1.807, 2.05) is 37.3 Å². The Hall–Kier alpha value is -4.33. The Bertz CT molecular complexity index is 1470. The first-order valence-corrected chi connectivity index (χ1v) is 11.4. The summed E-state index contributed by atoms with van der Waals surface area (Å²) in [4.78, 5) is 45.6. The van der Waals surface area contributed by atoms with Crippen LogP contribution in [0.1, 0.15) is 34.9 Å². The van der Waals surface area contributed by atoms with Crippen molar-refractivity contribution in [2.75, 3.05) is 11.5 Å². The number of hydrogen-bond acceptors (Lipinski definition) is 6. The average molecular weight is 472 g/mol. The summed E-state index contributed by atoms with van der Waals surface area (Å²) in [6.07, 6.45) is 0. The summed E-state index contributed by atoms with van der Waals surface area (Å²) in [6, 6.07) is 16.5. The quantitative estimate of drug-likeness (QED) is 0.566. The van der Waals surface area contributed by atoms with Crippen LogP contribution in [-0.2, 0) is 26.3 Å². The zero-order chi connectivity index (χ0) is 24.9. The maximum Gasteiger partial charge on any atom is 0.341 e. The molecule has 1 amide bonds. The number of esters is 1. The molecule has 1 spiro atoms. The molecule has 3 N–H and O–H groups in total. The van der Waals surface area contributed by atoms with Gasteiger partial charge in [-0.2, -0.15) is 0 Å². The minimum absolute atomic E-state index is 0.0181. The molecule has 2 aliphatic heterocycles. The van der Waals surface area contributed by atoms with E-state index in [2.05, 4.69) is 4.98 Å². The number of benzene rings is 2. The molecule has 8 nitrogen and oxygen atoms in total. The van der Waals surface area contributed by atoms with E-state index >= 15 is 0 Å². The highest BCUT2D eigenvalue weighted by atomic mass is 16.5. The zero-order valence-corrected chi connectivity index (χ0v) is 19.7. The highest BCUT2D eigenvalue weighted by molar-refractivity contribution is 6.18. The van der Waals surface area contributed by atoms with E-state index in [4.69, 9.17) is 15.2 Å². The zero-order valence-electron chi connectivity index (χ0n) is 19.7. The van der Waals surface area contributed by atoms with Gasteiger partial charge in [0.05, 0.1) is 18.7 Å². The van der Waals surface area contributed by atoms with Gasteiger partial charge in [-0.15, -0.1) is 0 Å². The molecule has 35 heavy (non-hydrogen) atoms. The van der Waals surface area contributed by atoms with Gasteiger partial charge in [-0.1, -0.05) is 48.0 Å². The number of fused-ring (bicyclic) bond motifs is 4. The van der Waals surface area contributed by atoms with E-state index in [0.29, 0.717) is 16.9 Å². The van der Waals surface area contributed by atoms with Crippen molar-refractivity contribution in [2.45, 2.75) is 32.7 Å². The van der Waals surface area contributed by atoms with Crippen LogP contribution in [0.3, 0.4) is 0 Å². The summed E-state index contributed by atoms with van der Waals surface area (Å²) >= 11 is 0. The SMILES string of the molecule is CCOC(=O)C1=C(N)Oc2cc(C)[nH]c(=O)c2C12C(=O)N(Cc1cccc(C)c1)c1ccccc12. The summed E-state index contributed by atoms with van der Waals surface area (Å²) < 4.78 is 11.1. The predicted octanol–water partition coefficient (Wildman–Crippen LogP) is 2.95. The smallest absolute Gasteiger partial charge is 0.341 e. The summed E-state index contributed by atoms with van der Waals surface area (Å²) in [7, 11) is 0. The molecule has 1 atom stereocenters. The molecule has 1 aromatic heterocycles. The molecule has 0 radical (unpaired) electrons. The molecular weight excluding hydrogens is 446 g/mol. The fraction of sp³-hybridized carbons (Fsp3) is 0.222. The molecule has 0 saturated carbocycles. The summed E-state index contributed by atoms with van der Waals surface area (Å²) in [5.74, 6) is -1.40. The van der Waals surface area contributed by atoms with Gasteiger partial charge in [0.25, 0.3) is 5.56 Å². The van der Waals surface area contributed by atoms with Crippen LogP contribution >= 0.6 is 0 Å². The van der Waals surface area contributed by atoms with Gasteiger partial charge in [0.15, 0.2) is 0 Å². The molecule has 178 valence electrons. The molecule has 3 heterocycles. The summed E-state index contributed by atoms with van der Waals surface area (Å²) in [5.41, 5.74) is 7.33. The third kappa shape index (κ3) is 3.24. The molecule has 0 aliphatic carbocycles. The van der Waals surface area contributed by atoms with Gasteiger partial charge >= 0.3 is 5.97 Å². The molecule has 8 heteroatoms. The van der Waals surface area contributed by atoms with Crippen molar-refractivity contribution in [3.05, 3.63) is 104 Å². The van der Waals surface area contributed by atoms with E-state index in [9.17, 15) is 14.4 Å². The lowest BCUT2D eigenvalue weighted by Gasteiger charge is -2.35. The monoisotopic (exact) mass is 471 g/mol. The van der Waals surface area contributed by atoms with Crippen molar-refractivity contribution in [1.29, 1.82) is 0 Å². The second kappa shape index (κ2) is 8.16. The second-order valence-electron chi connectivity index (χ2n) is 8.73. The van der Waals surface area contributed by atoms with Crippen LogP contribution in [0.5, 0.6) is 5.75 Å². The van der Waals surface area contributed by atoms with Gasteiger partial charge in [0, 0.05) is 23.0 Å². The third-order valence-electron chi connectivity index (χ3n) is 6.42. The Morgan fingerprint density at radius 2 is 1.89 bits per heavy atom. The molecular formula is C27H25N3O5. The molecule has 2 aliphatic rings. The molecule has 0 bridgehead atoms. The Kier molecular flexibility index (Phi) is 5.24. The maximum atomic E-state index is 14.5. The second-order valence-corrected chi connectivity index (χ2v) is 8.73. The number of carbonyl (C=O) groups excluding carboxylic acids is 2. The van der Waals surface area contributed by atoms with Crippen molar-refractivity contribution in [3.8, 4) is 5.75 Å². The first-order chi connectivity index (χ1) is 16.8.